The van der Waals surface area contributed by atoms with Crippen molar-refractivity contribution in [2.75, 3.05) is 5.32 Å². The Morgan fingerprint density at radius 2 is 2.05 bits per heavy atom. The van der Waals surface area contributed by atoms with Crippen LogP contribution in [0.25, 0.3) is 0 Å². The number of hydrogen-bond acceptors (Lipinski definition) is 3. The largest absolute Gasteiger partial charge is 0.480 e. The summed E-state index contributed by atoms with van der Waals surface area (Å²) in [5.41, 5.74) is 5.38. The summed E-state index contributed by atoms with van der Waals surface area (Å²) in [5, 5.41) is 14.2. The monoisotopic (exact) mass is 377 g/mol. The average molecular weight is 379 g/mol. The number of hydrogen-bond donors (Lipinski definition) is 4. The van der Waals surface area contributed by atoms with Gasteiger partial charge in [0, 0.05) is 16.6 Å². The number of nitrogens with two attached hydrogens (primary N) is 1. The molecule has 0 saturated heterocycles. The Labute approximate surface area is 134 Å². The lowest BCUT2D eigenvalue weighted by Gasteiger charge is -2.14. The van der Waals surface area contributed by atoms with Crippen LogP contribution in [0.1, 0.15) is 12.8 Å². The lowest BCUT2D eigenvalue weighted by molar-refractivity contribution is -0.139. The Hall–Kier alpha value is -1.80. The number of carboxylic acid groups (broad SMARTS) is 1. The predicted octanol–water partition coefficient (Wildman–Crippen LogP) is 1.94. The zero-order chi connectivity index (χ0) is 16.0. The van der Waals surface area contributed by atoms with Gasteiger partial charge in [0.2, 0.25) is 5.91 Å². The van der Waals surface area contributed by atoms with E-state index in [1.54, 1.807) is 18.2 Å². The summed E-state index contributed by atoms with van der Waals surface area (Å²) in [5.74, 6) is -1.88. The molecule has 0 heterocycles. The van der Waals surface area contributed by atoms with E-state index in [-0.39, 0.29) is 12.8 Å². The number of benzene rings is 1. The highest BCUT2D eigenvalue weighted by Gasteiger charge is 2.20. The summed E-state index contributed by atoms with van der Waals surface area (Å²) in [6.45, 7) is 0. The first-order chi connectivity index (χ1) is 9.79. The molecule has 1 aromatic rings. The van der Waals surface area contributed by atoms with Gasteiger partial charge >= 0.3 is 12.0 Å². The van der Waals surface area contributed by atoms with Crippen LogP contribution in [0.2, 0.25) is 5.02 Å². The van der Waals surface area contributed by atoms with E-state index in [9.17, 15) is 14.4 Å². The lowest BCUT2D eigenvalue weighted by Crippen LogP contribution is -2.43. The van der Waals surface area contributed by atoms with Crippen molar-refractivity contribution in [2.24, 2.45) is 5.73 Å². The summed E-state index contributed by atoms with van der Waals surface area (Å²) < 4.78 is 0.588. The maximum Gasteiger partial charge on any atom is 0.326 e. The van der Waals surface area contributed by atoms with Crippen molar-refractivity contribution in [2.45, 2.75) is 18.9 Å². The molecule has 7 nitrogen and oxygen atoms in total. The Bertz CT molecular complexity index is 567. The topological polar surface area (TPSA) is 122 Å². The van der Waals surface area contributed by atoms with E-state index in [2.05, 4.69) is 26.6 Å². The molecule has 5 N–H and O–H groups in total. The zero-order valence-electron chi connectivity index (χ0n) is 10.7. The van der Waals surface area contributed by atoms with Crippen LogP contribution in [-0.4, -0.2) is 29.1 Å². The minimum Gasteiger partial charge on any atom is -0.480 e. The van der Waals surface area contributed by atoms with Crippen molar-refractivity contribution < 1.29 is 19.5 Å². The third-order valence-electron chi connectivity index (χ3n) is 2.46. The maximum absolute atomic E-state index is 11.7. The van der Waals surface area contributed by atoms with Gasteiger partial charge in [-0.25, -0.2) is 9.59 Å². The highest BCUT2D eigenvalue weighted by Crippen LogP contribution is 2.25. The molecule has 0 spiro atoms. The van der Waals surface area contributed by atoms with Crippen LogP contribution >= 0.6 is 27.5 Å². The van der Waals surface area contributed by atoms with Gasteiger partial charge in [-0.2, -0.15) is 0 Å². The SMILES string of the molecule is NC(=O)CC[C@@H](NC(=O)Nc1ccc(Cl)c(Br)c1)C(=O)O. The minimum absolute atomic E-state index is 0.0810. The maximum atomic E-state index is 11.7. The van der Waals surface area contributed by atoms with Gasteiger partial charge in [-0.05, 0) is 40.5 Å². The van der Waals surface area contributed by atoms with Gasteiger partial charge in [0.25, 0.3) is 0 Å². The normalized spacial score (nSPS) is 11.5. The molecule has 0 fully saturated rings. The van der Waals surface area contributed by atoms with Crippen molar-refractivity contribution in [3.63, 3.8) is 0 Å². The highest BCUT2D eigenvalue weighted by molar-refractivity contribution is 9.10. The average Bonchev–Trinajstić information content (AvgIpc) is 2.38. The first-order valence-corrected chi connectivity index (χ1v) is 7.00. The molecule has 0 aromatic heterocycles. The number of aliphatic carboxylic acids is 1. The molecule has 9 heteroatoms. The summed E-state index contributed by atoms with van der Waals surface area (Å²) in [7, 11) is 0. The molecule has 1 aromatic carbocycles. The van der Waals surface area contributed by atoms with Gasteiger partial charge in [0.1, 0.15) is 6.04 Å². The zero-order valence-corrected chi connectivity index (χ0v) is 13.1. The molecule has 0 unspecified atom stereocenters. The second-order valence-corrected chi connectivity index (χ2v) is 5.38. The van der Waals surface area contributed by atoms with E-state index >= 15 is 0 Å². The number of rotatable bonds is 6. The van der Waals surface area contributed by atoms with E-state index in [0.717, 1.165) is 0 Å². The third kappa shape index (κ3) is 6.01. The number of anilines is 1. The number of halogens is 2. The van der Waals surface area contributed by atoms with E-state index < -0.39 is 23.9 Å². The second-order valence-electron chi connectivity index (χ2n) is 4.12. The fourth-order valence-corrected chi connectivity index (χ4v) is 1.94. The first kappa shape index (κ1) is 17.3. The summed E-state index contributed by atoms with van der Waals surface area (Å²) in [6, 6.07) is 2.80. The molecular weight excluding hydrogens is 366 g/mol. The van der Waals surface area contributed by atoms with Gasteiger partial charge in [-0.1, -0.05) is 11.6 Å². The number of amides is 3. The number of primary amides is 1. The van der Waals surface area contributed by atoms with Crippen LogP contribution in [0.4, 0.5) is 10.5 Å². The molecule has 21 heavy (non-hydrogen) atoms. The van der Waals surface area contributed by atoms with Crippen LogP contribution in [0.15, 0.2) is 22.7 Å². The van der Waals surface area contributed by atoms with Crippen LogP contribution in [0, 0.1) is 0 Å². The van der Waals surface area contributed by atoms with Crippen molar-refractivity contribution in [3.8, 4) is 0 Å². The Morgan fingerprint density at radius 3 is 2.57 bits per heavy atom. The number of carbonyl (C=O) groups excluding carboxylic acids is 2. The first-order valence-electron chi connectivity index (χ1n) is 5.83. The Morgan fingerprint density at radius 1 is 1.38 bits per heavy atom. The molecule has 0 radical (unpaired) electrons. The third-order valence-corrected chi connectivity index (χ3v) is 3.67. The fraction of sp³-hybridized carbons (Fsp3) is 0.250. The van der Waals surface area contributed by atoms with E-state index in [1.165, 1.54) is 0 Å². The van der Waals surface area contributed by atoms with Gasteiger partial charge < -0.3 is 21.5 Å². The van der Waals surface area contributed by atoms with Crippen molar-refractivity contribution >= 4 is 51.1 Å². The highest BCUT2D eigenvalue weighted by atomic mass is 79.9. The van der Waals surface area contributed by atoms with Gasteiger partial charge in [0.15, 0.2) is 0 Å². The molecule has 0 aliphatic carbocycles. The van der Waals surface area contributed by atoms with Gasteiger partial charge in [-0.3, -0.25) is 4.79 Å². The molecule has 0 aliphatic rings. The number of carboxylic acids is 1. The summed E-state index contributed by atoms with van der Waals surface area (Å²) >= 11 is 9.02. The summed E-state index contributed by atoms with van der Waals surface area (Å²) in [6.07, 6.45) is -0.216. The predicted molar refractivity (Wildman–Crippen MR) is 81.2 cm³/mol. The van der Waals surface area contributed by atoms with Gasteiger partial charge in [-0.15, -0.1) is 0 Å². The van der Waals surface area contributed by atoms with Crippen molar-refractivity contribution in [1.29, 1.82) is 0 Å². The van der Waals surface area contributed by atoms with Crippen LogP contribution in [0.3, 0.4) is 0 Å². The summed E-state index contributed by atoms with van der Waals surface area (Å²) in [4.78, 5) is 33.4. The van der Waals surface area contributed by atoms with Gasteiger partial charge in [0.05, 0.1) is 5.02 Å². The minimum atomic E-state index is -1.25. The Balaban J connectivity index is 2.62. The molecule has 1 atom stereocenters. The standard InChI is InChI=1S/C12H13BrClN3O4/c13-7-5-6(1-2-8(7)14)16-12(21)17-9(11(19)20)3-4-10(15)18/h1-2,5,9H,3-4H2,(H2,15,18)(H,19,20)(H2,16,17,21)/t9-/m1/s1. The number of carbonyl (C=O) groups is 3. The second kappa shape index (κ2) is 7.84. The molecular formula is C12H13BrClN3O4. The molecule has 114 valence electrons. The Kier molecular flexibility index (Phi) is 6.44. The molecule has 0 saturated carbocycles. The smallest absolute Gasteiger partial charge is 0.326 e. The molecule has 1 rings (SSSR count). The van der Waals surface area contributed by atoms with Crippen LogP contribution in [-0.2, 0) is 9.59 Å². The van der Waals surface area contributed by atoms with Crippen molar-refractivity contribution in [1.82, 2.24) is 5.32 Å². The molecule has 0 aliphatic heterocycles. The van der Waals surface area contributed by atoms with E-state index in [1.807, 2.05) is 0 Å². The molecule has 3 amide bonds. The molecule has 0 bridgehead atoms. The van der Waals surface area contributed by atoms with E-state index in [4.69, 9.17) is 22.4 Å². The fourth-order valence-electron chi connectivity index (χ4n) is 1.44. The van der Waals surface area contributed by atoms with Crippen LogP contribution in [0.5, 0.6) is 0 Å². The number of urea groups is 1. The van der Waals surface area contributed by atoms with Crippen molar-refractivity contribution in [3.05, 3.63) is 27.7 Å². The number of nitrogens with one attached hydrogen (secondary N) is 2. The quantitative estimate of drug-likeness (QED) is 0.604. The lowest BCUT2D eigenvalue weighted by atomic mass is 10.1. The van der Waals surface area contributed by atoms with Crippen LogP contribution < -0.4 is 16.4 Å². The van der Waals surface area contributed by atoms with E-state index in [0.29, 0.717) is 15.2 Å².